The number of alkyl halides is 1. The molecule has 0 aliphatic carbocycles. The molecular formula is C23H25FN6O4. The minimum absolute atomic E-state index is 0.0434. The summed E-state index contributed by atoms with van der Waals surface area (Å²) in [6.07, 6.45) is 1.85. The zero-order valence-corrected chi connectivity index (χ0v) is 18.5. The van der Waals surface area contributed by atoms with E-state index in [9.17, 15) is 14.0 Å². The number of urea groups is 1. The summed E-state index contributed by atoms with van der Waals surface area (Å²) in [6, 6.07) is 7.59. The standard InChI is InChI=1S/C23H25FN6O4/c24-11-14-3-5-29(6-4-14)23(33)30-7-8-34-19-2-1-15(9-17(19)13-30)16-10-18-20(25-12-16)27-21(26-18)28-22(31)32/h1-2,9-10,12,14H,3-8,11,13H2,(H,31,32)(H2,25,26,27,28). The largest absolute Gasteiger partial charge is 0.491 e. The first-order valence-corrected chi connectivity index (χ1v) is 11.2. The minimum Gasteiger partial charge on any atom is -0.491 e. The normalized spacial score (nSPS) is 16.6. The van der Waals surface area contributed by atoms with E-state index in [1.807, 2.05) is 24.3 Å². The number of piperidine rings is 1. The number of nitrogens with one attached hydrogen (secondary N) is 2. The van der Waals surface area contributed by atoms with Crippen LogP contribution in [0.3, 0.4) is 0 Å². The molecule has 0 bridgehead atoms. The number of rotatable bonds is 3. The van der Waals surface area contributed by atoms with Crippen molar-refractivity contribution in [3.05, 3.63) is 36.0 Å². The van der Waals surface area contributed by atoms with Gasteiger partial charge in [0.05, 0.1) is 25.3 Å². The third-order valence-electron chi connectivity index (χ3n) is 6.31. The monoisotopic (exact) mass is 468 g/mol. The van der Waals surface area contributed by atoms with E-state index in [4.69, 9.17) is 9.84 Å². The summed E-state index contributed by atoms with van der Waals surface area (Å²) in [5.41, 5.74) is 3.59. The van der Waals surface area contributed by atoms with E-state index in [1.165, 1.54) is 0 Å². The highest BCUT2D eigenvalue weighted by atomic mass is 19.1. The fourth-order valence-corrected chi connectivity index (χ4v) is 4.43. The number of pyridine rings is 1. The molecular weight excluding hydrogens is 443 g/mol. The second-order valence-corrected chi connectivity index (χ2v) is 8.57. The smallest absolute Gasteiger partial charge is 0.411 e. The van der Waals surface area contributed by atoms with Gasteiger partial charge in [-0.05, 0) is 42.5 Å². The van der Waals surface area contributed by atoms with E-state index in [0.717, 1.165) is 22.4 Å². The summed E-state index contributed by atoms with van der Waals surface area (Å²) < 4.78 is 18.8. The van der Waals surface area contributed by atoms with Crippen molar-refractivity contribution in [2.75, 3.05) is 38.2 Å². The molecule has 0 unspecified atom stereocenters. The van der Waals surface area contributed by atoms with Crippen LogP contribution >= 0.6 is 0 Å². The molecule has 1 aromatic carbocycles. The molecule has 0 radical (unpaired) electrons. The van der Waals surface area contributed by atoms with Gasteiger partial charge < -0.3 is 24.6 Å². The first-order valence-electron chi connectivity index (χ1n) is 11.2. The van der Waals surface area contributed by atoms with Crippen molar-refractivity contribution in [1.82, 2.24) is 24.8 Å². The van der Waals surface area contributed by atoms with Gasteiger partial charge in [0.15, 0.2) is 5.65 Å². The number of imidazole rings is 1. The molecule has 4 heterocycles. The number of benzene rings is 1. The van der Waals surface area contributed by atoms with Gasteiger partial charge in [0.2, 0.25) is 5.95 Å². The second-order valence-electron chi connectivity index (χ2n) is 8.57. The van der Waals surface area contributed by atoms with Crippen LogP contribution in [0.1, 0.15) is 18.4 Å². The van der Waals surface area contributed by atoms with Crippen molar-refractivity contribution in [3.8, 4) is 16.9 Å². The first-order chi connectivity index (χ1) is 16.5. The second kappa shape index (κ2) is 9.16. The molecule has 1 saturated heterocycles. The third-order valence-corrected chi connectivity index (χ3v) is 6.31. The number of hydrogen-bond donors (Lipinski definition) is 3. The van der Waals surface area contributed by atoms with Crippen molar-refractivity contribution in [2.45, 2.75) is 19.4 Å². The van der Waals surface area contributed by atoms with Crippen molar-refractivity contribution in [3.63, 3.8) is 0 Å². The van der Waals surface area contributed by atoms with Gasteiger partial charge in [-0.15, -0.1) is 0 Å². The van der Waals surface area contributed by atoms with Crippen LogP contribution in [0.5, 0.6) is 5.75 Å². The number of carbonyl (C=O) groups excluding carboxylic acids is 1. The van der Waals surface area contributed by atoms with Gasteiger partial charge in [-0.1, -0.05) is 6.07 Å². The number of ether oxygens (including phenoxy) is 1. The van der Waals surface area contributed by atoms with Gasteiger partial charge in [-0.25, -0.2) is 14.6 Å². The summed E-state index contributed by atoms with van der Waals surface area (Å²) in [4.78, 5) is 38.9. The molecule has 11 heteroatoms. The molecule has 2 aromatic heterocycles. The van der Waals surface area contributed by atoms with E-state index >= 15 is 0 Å². The predicted octanol–water partition coefficient (Wildman–Crippen LogP) is 3.71. The number of aromatic nitrogens is 3. The highest BCUT2D eigenvalue weighted by molar-refractivity contribution is 5.85. The van der Waals surface area contributed by atoms with Crippen molar-refractivity contribution in [1.29, 1.82) is 0 Å². The van der Waals surface area contributed by atoms with E-state index in [-0.39, 0.29) is 24.6 Å². The van der Waals surface area contributed by atoms with Crippen LogP contribution in [0.25, 0.3) is 22.3 Å². The lowest BCUT2D eigenvalue weighted by Gasteiger charge is -2.34. The Labute approximate surface area is 194 Å². The van der Waals surface area contributed by atoms with Crippen LogP contribution in [0.15, 0.2) is 30.5 Å². The number of likely N-dealkylation sites (tertiary alicyclic amines) is 1. The number of anilines is 1. The maximum Gasteiger partial charge on any atom is 0.411 e. The number of aromatic amines is 1. The first kappa shape index (κ1) is 21.9. The van der Waals surface area contributed by atoms with Crippen LogP contribution in [0, 0.1) is 5.92 Å². The van der Waals surface area contributed by atoms with Gasteiger partial charge in [-0.2, -0.15) is 4.98 Å². The van der Waals surface area contributed by atoms with Gasteiger partial charge in [0.25, 0.3) is 0 Å². The summed E-state index contributed by atoms with van der Waals surface area (Å²) in [7, 11) is 0. The quantitative estimate of drug-likeness (QED) is 0.538. The van der Waals surface area contributed by atoms with Crippen LogP contribution in [0.4, 0.5) is 19.9 Å². The van der Waals surface area contributed by atoms with E-state index in [1.54, 1.807) is 16.0 Å². The Morgan fingerprint density at radius 2 is 2.00 bits per heavy atom. The molecule has 178 valence electrons. The molecule has 34 heavy (non-hydrogen) atoms. The van der Waals surface area contributed by atoms with Crippen LogP contribution < -0.4 is 10.1 Å². The maximum atomic E-state index is 13.1. The number of carboxylic acid groups (broad SMARTS) is 1. The van der Waals surface area contributed by atoms with Gasteiger partial charge in [-0.3, -0.25) is 9.71 Å². The Hall–Kier alpha value is -3.89. The maximum absolute atomic E-state index is 13.1. The number of hydrogen-bond acceptors (Lipinski definition) is 5. The molecule has 3 amide bonds. The number of carbonyl (C=O) groups is 2. The lowest BCUT2D eigenvalue weighted by Crippen LogP contribution is -2.47. The highest BCUT2D eigenvalue weighted by Crippen LogP contribution is 2.31. The molecule has 2 aliphatic heterocycles. The van der Waals surface area contributed by atoms with Crippen molar-refractivity contribution < 1.29 is 23.8 Å². The highest BCUT2D eigenvalue weighted by Gasteiger charge is 2.28. The Balaban J connectivity index is 1.36. The Morgan fingerprint density at radius 3 is 2.76 bits per heavy atom. The summed E-state index contributed by atoms with van der Waals surface area (Å²) in [5.74, 6) is 0.891. The van der Waals surface area contributed by atoms with E-state index in [0.29, 0.717) is 56.8 Å². The van der Waals surface area contributed by atoms with E-state index < -0.39 is 6.09 Å². The van der Waals surface area contributed by atoms with Crippen LogP contribution in [-0.2, 0) is 6.54 Å². The molecule has 1 fully saturated rings. The SMILES string of the molecule is O=C(O)Nc1nc2ncc(-c3ccc4c(c3)CN(C(=O)N3CCC(CF)CC3)CCO4)cc2[nH]1. The molecule has 2 aliphatic rings. The molecule has 3 N–H and O–H groups in total. The summed E-state index contributed by atoms with van der Waals surface area (Å²) in [6.45, 7) is 2.12. The average molecular weight is 468 g/mol. The lowest BCUT2D eigenvalue weighted by molar-refractivity contribution is 0.122. The fraction of sp³-hybridized carbons (Fsp3) is 0.391. The van der Waals surface area contributed by atoms with Crippen LogP contribution in [0.2, 0.25) is 0 Å². The van der Waals surface area contributed by atoms with Gasteiger partial charge in [0.1, 0.15) is 12.4 Å². The molecule has 0 saturated carbocycles. The number of fused-ring (bicyclic) bond motifs is 2. The van der Waals surface area contributed by atoms with Crippen molar-refractivity contribution in [2.24, 2.45) is 5.92 Å². The van der Waals surface area contributed by atoms with Gasteiger partial charge in [0, 0.05) is 30.4 Å². The predicted molar refractivity (Wildman–Crippen MR) is 123 cm³/mol. The Morgan fingerprint density at radius 1 is 1.18 bits per heavy atom. The average Bonchev–Trinajstić information content (AvgIpc) is 3.11. The third kappa shape index (κ3) is 4.45. The number of H-pyrrole nitrogens is 1. The minimum atomic E-state index is -1.21. The zero-order chi connectivity index (χ0) is 23.7. The van der Waals surface area contributed by atoms with Crippen LogP contribution in [-0.4, -0.2) is 74.9 Å². The number of amides is 3. The Bertz CT molecular complexity index is 1220. The molecule has 0 atom stereocenters. The summed E-state index contributed by atoms with van der Waals surface area (Å²) >= 11 is 0. The summed E-state index contributed by atoms with van der Waals surface area (Å²) in [5, 5.41) is 11.1. The van der Waals surface area contributed by atoms with E-state index in [2.05, 4.69) is 20.3 Å². The molecule has 0 spiro atoms. The number of halogens is 1. The topological polar surface area (TPSA) is 124 Å². The van der Waals surface area contributed by atoms with Gasteiger partial charge >= 0.3 is 12.1 Å². The zero-order valence-electron chi connectivity index (χ0n) is 18.5. The molecule has 3 aromatic rings. The van der Waals surface area contributed by atoms with Crippen molar-refractivity contribution >= 4 is 29.2 Å². The lowest BCUT2D eigenvalue weighted by atomic mass is 9.99. The number of nitrogens with zero attached hydrogens (tertiary/aromatic N) is 4. The molecule has 10 nitrogen and oxygen atoms in total. The Kier molecular flexibility index (Phi) is 5.91. The fourth-order valence-electron chi connectivity index (χ4n) is 4.43. The molecule has 5 rings (SSSR count).